The topological polar surface area (TPSA) is 38.8 Å². The summed E-state index contributed by atoms with van der Waals surface area (Å²) in [5.74, 6) is 1.50. The summed E-state index contributed by atoms with van der Waals surface area (Å²) in [6.45, 7) is 9.95. The van der Waals surface area contributed by atoms with Gasteiger partial charge in [-0.1, -0.05) is 26.0 Å². The van der Waals surface area contributed by atoms with Crippen molar-refractivity contribution in [2.75, 3.05) is 20.2 Å². The average molecular weight is 331 g/mol. The largest absolute Gasteiger partial charge is 0.497 e. The molecule has 4 heteroatoms. The average Bonchev–Trinajstić information content (AvgIpc) is 2.93. The molecule has 1 heterocycles. The van der Waals surface area contributed by atoms with Crippen LogP contribution in [0.5, 0.6) is 5.75 Å². The molecule has 1 aromatic heterocycles. The number of methoxy groups -OCH3 is 1. The molecule has 1 unspecified atom stereocenters. The Kier molecular flexibility index (Phi) is 6.88. The van der Waals surface area contributed by atoms with Crippen LogP contribution < -0.4 is 9.64 Å². The van der Waals surface area contributed by atoms with E-state index in [4.69, 9.17) is 4.74 Å². The van der Waals surface area contributed by atoms with Crippen LogP contribution in [0.4, 0.5) is 0 Å². The number of quaternary nitrogens is 1. The molecular weight excluding hydrogens is 300 g/mol. The number of nitrogens with zero attached hydrogens (tertiary/aromatic N) is 1. The van der Waals surface area contributed by atoms with E-state index in [1.54, 1.807) is 7.11 Å². The van der Waals surface area contributed by atoms with E-state index < -0.39 is 0 Å². The Hall–Kier alpha value is -1.78. The lowest BCUT2D eigenvalue weighted by Crippen LogP contribution is -3.12. The van der Waals surface area contributed by atoms with Gasteiger partial charge in [-0.2, -0.15) is 0 Å². The van der Waals surface area contributed by atoms with E-state index in [9.17, 15) is 5.11 Å². The van der Waals surface area contributed by atoms with Crippen LogP contribution in [-0.2, 0) is 13.1 Å². The van der Waals surface area contributed by atoms with Crippen LogP contribution in [0.15, 0.2) is 42.6 Å². The Morgan fingerprint density at radius 2 is 1.92 bits per heavy atom. The van der Waals surface area contributed by atoms with Crippen LogP contribution in [-0.4, -0.2) is 36.0 Å². The number of aliphatic hydroxyl groups excluding tert-OH is 1. The van der Waals surface area contributed by atoms with Crippen molar-refractivity contribution in [2.24, 2.45) is 5.92 Å². The molecule has 132 valence electrons. The predicted molar refractivity (Wildman–Crippen MR) is 97.4 cm³/mol. The normalized spacial score (nSPS) is 13.9. The minimum Gasteiger partial charge on any atom is -0.497 e. The molecule has 0 aliphatic carbocycles. The van der Waals surface area contributed by atoms with Gasteiger partial charge in [0.2, 0.25) is 0 Å². The molecule has 2 N–H and O–H groups in total. The van der Waals surface area contributed by atoms with Crippen molar-refractivity contribution in [3.8, 4) is 5.75 Å². The third-order valence-electron chi connectivity index (χ3n) is 4.12. The number of rotatable bonds is 9. The molecular formula is C20H31N2O2+. The van der Waals surface area contributed by atoms with Crippen LogP contribution in [0, 0.1) is 5.92 Å². The second-order valence-corrected chi connectivity index (χ2v) is 7.06. The van der Waals surface area contributed by atoms with E-state index >= 15 is 0 Å². The summed E-state index contributed by atoms with van der Waals surface area (Å²) in [6, 6.07) is 12.5. The molecule has 2 aromatic rings. The van der Waals surface area contributed by atoms with E-state index in [1.807, 2.05) is 19.1 Å². The minimum absolute atomic E-state index is 0.277. The van der Waals surface area contributed by atoms with Gasteiger partial charge in [0.05, 0.1) is 19.3 Å². The number of hydrogen-bond donors (Lipinski definition) is 2. The van der Waals surface area contributed by atoms with Crippen LogP contribution in [0.1, 0.15) is 32.0 Å². The zero-order chi connectivity index (χ0) is 17.5. The lowest BCUT2D eigenvalue weighted by molar-refractivity contribution is -0.920. The lowest BCUT2D eigenvalue weighted by atomic mass is 10.2. The maximum absolute atomic E-state index is 9.78. The molecule has 2 rings (SSSR count). The van der Waals surface area contributed by atoms with Gasteiger partial charge in [-0.15, -0.1) is 0 Å². The SMILES string of the molecule is COc1cccc(Cn2cccc2C[NH+](CC(C)C)C[C@H](C)O)c1. The van der Waals surface area contributed by atoms with Gasteiger partial charge in [-0.05, 0) is 36.8 Å². The van der Waals surface area contributed by atoms with E-state index in [2.05, 4.69) is 48.9 Å². The van der Waals surface area contributed by atoms with Gasteiger partial charge in [0.25, 0.3) is 0 Å². The molecule has 0 aliphatic rings. The van der Waals surface area contributed by atoms with Gasteiger partial charge < -0.3 is 19.3 Å². The molecule has 1 aromatic carbocycles. The number of benzene rings is 1. The maximum atomic E-state index is 9.78. The molecule has 0 amide bonds. The maximum Gasteiger partial charge on any atom is 0.119 e. The number of aliphatic hydroxyl groups is 1. The summed E-state index contributed by atoms with van der Waals surface area (Å²) >= 11 is 0. The summed E-state index contributed by atoms with van der Waals surface area (Å²) in [4.78, 5) is 1.42. The Labute approximate surface area is 145 Å². The van der Waals surface area contributed by atoms with Gasteiger partial charge in [-0.3, -0.25) is 0 Å². The van der Waals surface area contributed by atoms with Crippen molar-refractivity contribution in [1.29, 1.82) is 0 Å². The molecule has 0 aliphatic heterocycles. The fourth-order valence-electron chi connectivity index (χ4n) is 3.21. The molecule has 24 heavy (non-hydrogen) atoms. The highest BCUT2D eigenvalue weighted by Gasteiger charge is 2.16. The molecule has 4 nitrogen and oxygen atoms in total. The van der Waals surface area contributed by atoms with E-state index in [0.29, 0.717) is 5.92 Å². The zero-order valence-corrected chi connectivity index (χ0v) is 15.3. The first-order valence-corrected chi connectivity index (χ1v) is 8.76. The van der Waals surface area contributed by atoms with Crippen molar-refractivity contribution in [3.63, 3.8) is 0 Å². The number of nitrogens with one attached hydrogen (secondary N) is 1. The quantitative estimate of drug-likeness (QED) is 0.737. The molecule has 0 saturated carbocycles. The molecule has 0 saturated heterocycles. The van der Waals surface area contributed by atoms with Crippen LogP contribution in [0.2, 0.25) is 0 Å². The van der Waals surface area contributed by atoms with Crippen LogP contribution in [0.25, 0.3) is 0 Å². The third kappa shape index (κ3) is 5.69. The molecule has 0 radical (unpaired) electrons. The summed E-state index contributed by atoms with van der Waals surface area (Å²) < 4.78 is 7.60. The Balaban J connectivity index is 2.10. The first-order valence-electron chi connectivity index (χ1n) is 8.76. The summed E-state index contributed by atoms with van der Waals surface area (Å²) in [7, 11) is 1.70. The van der Waals surface area contributed by atoms with Crippen molar-refractivity contribution in [1.82, 2.24) is 4.57 Å². The fraction of sp³-hybridized carbons (Fsp3) is 0.500. The fourth-order valence-corrected chi connectivity index (χ4v) is 3.21. The number of ether oxygens (including phenoxy) is 1. The first kappa shape index (κ1) is 18.6. The highest BCUT2D eigenvalue weighted by molar-refractivity contribution is 5.29. The van der Waals surface area contributed by atoms with Crippen molar-refractivity contribution >= 4 is 0 Å². The molecule has 0 fully saturated rings. The van der Waals surface area contributed by atoms with Gasteiger partial charge in [0.15, 0.2) is 0 Å². The first-order chi connectivity index (χ1) is 11.5. The Bertz CT molecular complexity index is 610. The van der Waals surface area contributed by atoms with Crippen molar-refractivity contribution < 1.29 is 14.7 Å². The number of hydrogen-bond acceptors (Lipinski definition) is 2. The molecule has 0 bridgehead atoms. The van der Waals surface area contributed by atoms with Crippen LogP contribution in [0.3, 0.4) is 0 Å². The minimum atomic E-state index is -0.277. The lowest BCUT2D eigenvalue weighted by Gasteiger charge is -2.23. The van der Waals surface area contributed by atoms with Gasteiger partial charge in [0, 0.05) is 18.7 Å². The number of aromatic nitrogens is 1. The highest BCUT2D eigenvalue weighted by Crippen LogP contribution is 2.14. The second-order valence-electron chi connectivity index (χ2n) is 7.06. The highest BCUT2D eigenvalue weighted by atomic mass is 16.5. The van der Waals surface area contributed by atoms with Crippen molar-refractivity contribution in [2.45, 2.75) is 40.0 Å². The summed E-state index contributed by atoms with van der Waals surface area (Å²) in [5.41, 5.74) is 2.53. The summed E-state index contributed by atoms with van der Waals surface area (Å²) in [6.07, 6.45) is 1.85. The Morgan fingerprint density at radius 3 is 2.58 bits per heavy atom. The van der Waals surface area contributed by atoms with Crippen LogP contribution >= 0.6 is 0 Å². The standard InChI is InChI=1S/C20H30N2O2/c1-16(2)12-21(13-17(3)23)15-19-8-6-10-22(19)14-18-7-5-9-20(11-18)24-4/h5-11,16-17,23H,12-15H2,1-4H3/p+1/t17-/m0/s1. The van der Waals surface area contributed by atoms with Gasteiger partial charge in [0.1, 0.15) is 24.9 Å². The molecule has 0 spiro atoms. The van der Waals surface area contributed by atoms with E-state index in [-0.39, 0.29) is 6.10 Å². The van der Waals surface area contributed by atoms with Crippen molar-refractivity contribution in [3.05, 3.63) is 53.9 Å². The second kappa shape index (κ2) is 8.90. The molecule has 2 atom stereocenters. The Morgan fingerprint density at radius 1 is 1.12 bits per heavy atom. The van der Waals surface area contributed by atoms with Gasteiger partial charge in [-0.25, -0.2) is 0 Å². The summed E-state index contributed by atoms with van der Waals surface area (Å²) in [5, 5.41) is 9.78. The predicted octanol–water partition coefficient (Wildman–Crippen LogP) is 1.97. The smallest absolute Gasteiger partial charge is 0.119 e. The van der Waals surface area contributed by atoms with E-state index in [1.165, 1.54) is 16.2 Å². The monoisotopic (exact) mass is 331 g/mol. The third-order valence-corrected chi connectivity index (χ3v) is 4.12. The van der Waals surface area contributed by atoms with Gasteiger partial charge >= 0.3 is 0 Å². The zero-order valence-electron chi connectivity index (χ0n) is 15.3. The van der Waals surface area contributed by atoms with E-state index in [0.717, 1.165) is 31.9 Å².